The number of halogens is 3. The summed E-state index contributed by atoms with van der Waals surface area (Å²) in [6.07, 6.45) is -4.48. The summed E-state index contributed by atoms with van der Waals surface area (Å²) >= 11 is 0. The number of benzene rings is 8. The molecule has 0 amide bonds. The zero-order valence-electron chi connectivity index (χ0n) is 36.5. The number of rotatable bonds is 8. The monoisotopic (exact) mass is 902 g/mol. The molecular formula is C56H45F3O8. The van der Waals surface area contributed by atoms with Gasteiger partial charge in [-0.1, -0.05) is 156 Å². The minimum absolute atomic E-state index is 0.0295. The number of carbonyl (C=O) groups is 4. The lowest BCUT2D eigenvalue weighted by Crippen LogP contribution is -2.07. The molecule has 338 valence electrons. The van der Waals surface area contributed by atoms with Gasteiger partial charge in [0.25, 0.3) is 0 Å². The number of aryl methyl sites for hydroxylation is 3. The van der Waals surface area contributed by atoms with Gasteiger partial charge in [-0.2, -0.15) is 13.2 Å². The minimum Gasteiger partial charge on any atom is -0.478 e. The lowest BCUT2D eigenvalue weighted by molar-refractivity contribution is -0.137. The first kappa shape index (κ1) is 49.4. The Morgan fingerprint density at radius 1 is 0.328 bits per heavy atom. The van der Waals surface area contributed by atoms with Crippen molar-refractivity contribution in [3.05, 3.63) is 239 Å². The molecule has 11 heteroatoms. The molecule has 0 atom stereocenters. The van der Waals surface area contributed by atoms with Crippen LogP contribution in [0.15, 0.2) is 194 Å². The Morgan fingerprint density at radius 3 is 1.00 bits per heavy atom. The van der Waals surface area contributed by atoms with Crippen LogP contribution in [0.25, 0.3) is 44.5 Å². The molecule has 67 heavy (non-hydrogen) atoms. The molecule has 8 aromatic carbocycles. The summed E-state index contributed by atoms with van der Waals surface area (Å²) in [4.78, 5) is 43.4. The zero-order valence-corrected chi connectivity index (χ0v) is 36.5. The molecule has 0 radical (unpaired) electrons. The number of carboxylic acids is 4. The molecule has 4 N–H and O–H groups in total. The summed E-state index contributed by atoms with van der Waals surface area (Å²) in [6, 6.07) is 55.5. The van der Waals surface area contributed by atoms with E-state index in [1.165, 1.54) is 59.2 Å². The van der Waals surface area contributed by atoms with Gasteiger partial charge in [0.1, 0.15) is 0 Å². The van der Waals surface area contributed by atoms with Gasteiger partial charge >= 0.3 is 30.1 Å². The van der Waals surface area contributed by atoms with Crippen molar-refractivity contribution >= 4 is 23.9 Å². The van der Waals surface area contributed by atoms with Crippen molar-refractivity contribution in [3.63, 3.8) is 0 Å². The van der Waals surface area contributed by atoms with Crippen LogP contribution < -0.4 is 0 Å². The Balaban J connectivity index is 0.000000168. The highest BCUT2D eigenvalue weighted by Crippen LogP contribution is 2.37. The number of hydrogen-bond acceptors (Lipinski definition) is 4. The summed E-state index contributed by atoms with van der Waals surface area (Å²) in [6.45, 7) is 6.07. The number of hydrogen-bond donors (Lipinski definition) is 4. The molecule has 0 unspecified atom stereocenters. The molecule has 0 aliphatic carbocycles. The van der Waals surface area contributed by atoms with E-state index in [9.17, 15) is 32.3 Å². The maximum Gasteiger partial charge on any atom is 0.417 e. The van der Waals surface area contributed by atoms with Crippen LogP contribution in [-0.2, 0) is 6.18 Å². The quantitative estimate of drug-likeness (QED) is 0.118. The predicted octanol–water partition coefficient (Wildman–Crippen LogP) is 14.2. The van der Waals surface area contributed by atoms with Gasteiger partial charge in [0, 0.05) is 0 Å². The van der Waals surface area contributed by atoms with E-state index in [-0.39, 0.29) is 16.7 Å². The fourth-order valence-electron chi connectivity index (χ4n) is 6.61. The third kappa shape index (κ3) is 14.5. The standard InChI is InChI=1S/C14H9F3O2.3C14H12O2/c15-14(16,17)12-7-2-1-6-11(12)9-4-3-5-10(8-9)13(18)19;1-10-4-2-5-11(8-10)12-6-3-7-13(9-12)14(15)16;2*1-10-5-7-11(8-6-10)12-3-2-4-13(9-12)14(15)16/h1-8H,(H,18,19);3*2-9H,1H3,(H,15,16). The Hall–Kier alpha value is -8.57. The first-order valence-electron chi connectivity index (χ1n) is 20.6. The highest BCUT2D eigenvalue weighted by atomic mass is 19.4. The second-order valence-electron chi connectivity index (χ2n) is 15.2. The van der Waals surface area contributed by atoms with Crippen molar-refractivity contribution in [1.29, 1.82) is 0 Å². The fraction of sp³-hybridized carbons (Fsp3) is 0.0714. The molecule has 0 fully saturated rings. The lowest BCUT2D eigenvalue weighted by Gasteiger charge is -2.13. The van der Waals surface area contributed by atoms with E-state index < -0.39 is 35.6 Å². The summed E-state index contributed by atoms with van der Waals surface area (Å²) in [5.74, 6) is -3.86. The first-order valence-corrected chi connectivity index (χ1v) is 20.6. The van der Waals surface area contributed by atoms with Crippen molar-refractivity contribution in [2.24, 2.45) is 0 Å². The van der Waals surface area contributed by atoms with Crippen LogP contribution in [-0.4, -0.2) is 44.3 Å². The Morgan fingerprint density at radius 2 is 0.642 bits per heavy atom. The van der Waals surface area contributed by atoms with Crippen molar-refractivity contribution < 1.29 is 52.8 Å². The molecule has 8 aromatic rings. The number of aromatic carboxylic acids is 4. The largest absolute Gasteiger partial charge is 0.478 e. The molecule has 8 nitrogen and oxygen atoms in total. The Labute approximate surface area is 385 Å². The molecule has 0 heterocycles. The van der Waals surface area contributed by atoms with Crippen LogP contribution in [0, 0.1) is 20.8 Å². The van der Waals surface area contributed by atoms with Crippen LogP contribution in [0.5, 0.6) is 0 Å². The molecule has 0 spiro atoms. The van der Waals surface area contributed by atoms with Gasteiger partial charge in [-0.25, -0.2) is 19.2 Å². The zero-order chi connectivity index (χ0) is 48.7. The number of alkyl halides is 3. The first-order chi connectivity index (χ1) is 31.9. The molecular weight excluding hydrogens is 858 g/mol. The van der Waals surface area contributed by atoms with Crippen molar-refractivity contribution in [3.8, 4) is 44.5 Å². The van der Waals surface area contributed by atoms with Gasteiger partial charge in [-0.05, 0) is 120 Å². The molecule has 8 rings (SSSR count). The summed E-state index contributed by atoms with van der Waals surface area (Å²) < 4.78 is 38.6. The van der Waals surface area contributed by atoms with Gasteiger partial charge < -0.3 is 20.4 Å². The maximum absolute atomic E-state index is 12.9. The molecule has 0 aromatic heterocycles. The third-order valence-corrected chi connectivity index (χ3v) is 10.1. The summed E-state index contributed by atoms with van der Waals surface area (Å²) in [5, 5.41) is 35.6. The molecule has 0 aliphatic heterocycles. The normalized spacial score (nSPS) is 10.4. The minimum atomic E-state index is -4.48. The molecule has 0 bridgehead atoms. The van der Waals surface area contributed by atoms with Gasteiger partial charge in [0.2, 0.25) is 0 Å². The fourth-order valence-corrected chi connectivity index (χ4v) is 6.61. The van der Waals surface area contributed by atoms with Gasteiger partial charge in [0.15, 0.2) is 0 Å². The maximum atomic E-state index is 12.9. The summed E-state index contributed by atoms with van der Waals surface area (Å²) in [7, 11) is 0. The SMILES string of the molecule is Cc1ccc(-c2cccc(C(=O)O)c2)cc1.Cc1ccc(-c2cccc(C(=O)O)c2)cc1.Cc1cccc(-c2cccc(C(=O)O)c2)c1.O=C(O)c1cccc(-c2ccccc2C(F)(F)F)c1. The Kier molecular flexibility index (Phi) is 16.9. The smallest absolute Gasteiger partial charge is 0.417 e. The van der Waals surface area contributed by atoms with Crippen LogP contribution in [0.2, 0.25) is 0 Å². The Bertz CT molecular complexity index is 2890. The van der Waals surface area contributed by atoms with Crippen molar-refractivity contribution in [1.82, 2.24) is 0 Å². The average Bonchev–Trinajstić information content (AvgIpc) is 3.32. The van der Waals surface area contributed by atoms with E-state index in [1.807, 2.05) is 112 Å². The van der Waals surface area contributed by atoms with Crippen LogP contribution in [0.3, 0.4) is 0 Å². The average molecular weight is 903 g/mol. The van der Waals surface area contributed by atoms with E-state index in [1.54, 1.807) is 54.6 Å². The van der Waals surface area contributed by atoms with E-state index in [2.05, 4.69) is 0 Å². The van der Waals surface area contributed by atoms with Gasteiger partial charge in [-0.15, -0.1) is 0 Å². The highest BCUT2D eigenvalue weighted by molar-refractivity contribution is 5.91. The van der Waals surface area contributed by atoms with Crippen molar-refractivity contribution in [2.45, 2.75) is 26.9 Å². The predicted molar refractivity (Wildman–Crippen MR) is 255 cm³/mol. The molecule has 0 aliphatic rings. The van der Waals surface area contributed by atoms with E-state index >= 15 is 0 Å². The van der Waals surface area contributed by atoms with Crippen LogP contribution >= 0.6 is 0 Å². The van der Waals surface area contributed by atoms with Gasteiger partial charge in [-0.3, -0.25) is 0 Å². The van der Waals surface area contributed by atoms with E-state index in [0.717, 1.165) is 39.4 Å². The highest BCUT2D eigenvalue weighted by Gasteiger charge is 2.33. The van der Waals surface area contributed by atoms with E-state index in [4.69, 9.17) is 20.4 Å². The van der Waals surface area contributed by atoms with Crippen LogP contribution in [0.1, 0.15) is 63.7 Å². The topological polar surface area (TPSA) is 149 Å². The van der Waals surface area contributed by atoms with Crippen molar-refractivity contribution in [2.75, 3.05) is 0 Å². The second kappa shape index (κ2) is 22.9. The molecule has 0 saturated heterocycles. The molecule has 0 saturated carbocycles. The van der Waals surface area contributed by atoms with Crippen LogP contribution in [0.4, 0.5) is 13.2 Å². The second-order valence-corrected chi connectivity index (χ2v) is 15.2. The van der Waals surface area contributed by atoms with E-state index in [0.29, 0.717) is 16.7 Å². The van der Waals surface area contributed by atoms with Gasteiger partial charge in [0.05, 0.1) is 27.8 Å². The lowest BCUT2D eigenvalue weighted by atomic mass is 9.98. The summed E-state index contributed by atoms with van der Waals surface area (Å²) in [5.41, 5.74) is 9.79. The third-order valence-electron chi connectivity index (χ3n) is 10.1. The number of carboxylic acid groups (broad SMARTS) is 4.